The summed E-state index contributed by atoms with van der Waals surface area (Å²) in [6, 6.07) is 15.3. The number of carboxylic acid groups (broad SMARTS) is 1. The number of nitrogens with zero attached hydrogens (tertiary/aromatic N) is 3. The van der Waals surface area contributed by atoms with Crippen molar-refractivity contribution in [2.45, 2.75) is 71.0 Å². The van der Waals surface area contributed by atoms with Crippen LogP contribution in [0.25, 0.3) is 5.57 Å². The van der Waals surface area contributed by atoms with Crippen LogP contribution in [0.2, 0.25) is 0 Å². The summed E-state index contributed by atoms with van der Waals surface area (Å²) in [5.74, 6) is -0.145. The van der Waals surface area contributed by atoms with Crippen molar-refractivity contribution in [2.24, 2.45) is 0 Å². The van der Waals surface area contributed by atoms with Crippen molar-refractivity contribution < 1.29 is 50.5 Å². The number of hydrogen-bond donors (Lipinski definition) is 1. The van der Waals surface area contributed by atoms with Gasteiger partial charge >= 0.3 is 18.3 Å². The fourth-order valence-corrected chi connectivity index (χ4v) is 6.43. The van der Waals surface area contributed by atoms with Crippen molar-refractivity contribution >= 4 is 17.5 Å². The van der Waals surface area contributed by atoms with Gasteiger partial charge in [0.25, 0.3) is 0 Å². The van der Waals surface area contributed by atoms with Gasteiger partial charge in [0.1, 0.15) is 5.75 Å². The molecule has 1 atom stereocenters. The van der Waals surface area contributed by atoms with Crippen LogP contribution < -0.4 is 14.4 Å². The first-order chi connectivity index (χ1) is 25.6. The molecule has 5 rings (SSSR count). The lowest BCUT2D eigenvalue weighted by Crippen LogP contribution is -2.29. The third-order valence-electron chi connectivity index (χ3n) is 9.09. The molecule has 0 aliphatic heterocycles. The van der Waals surface area contributed by atoms with E-state index >= 15 is 0 Å². The summed E-state index contributed by atoms with van der Waals surface area (Å²) in [5, 5.41) is 9.34. The van der Waals surface area contributed by atoms with Gasteiger partial charge in [-0.2, -0.15) is 26.3 Å². The Morgan fingerprint density at radius 2 is 1.56 bits per heavy atom. The Labute approximate surface area is 309 Å². The van der Waals surface area contributed by atoms with Gasteiger partial charge in [0.2, 0.25) is 5.95 Å². The quantitative estimate of drug-likeness (QED) is 0.120. The lowest BCUT2D eigenvalue weighted by molar-refractivity contribution is -0.151. The number of fused-ring (bicyclic) bond motifs is 1. The molecule has 3 aromatic carbocycles. The predicted octanol–water partition coefficient (Wildman–Crippen LogP) is 9.36. The van der Waals surface area contributed by atoms with Crippen molar-refractivity contribution in [1.29, 1.82) is 0 Å². The Kier molecular flexibility index (Phi) is 12.6. The highest BCUT2D eigenvalue weighted by atomic mass is 19.4. The molecule has 0 spiro atoms. The lowest BCUT2D eigenvalue weighted by Gasteiger charge is -2.30. The highest BCUT2D eigenvalue weighted by molar-refractivity contribution is 5.88. The molecule has 4 aromatic rings. The summed E-state index contributed by atoms with van der Waals surface area (Å²) in [4.78, 5) is 21.8. The summed E-state index contributed by atoms with van der Waals surface area (Å²) in [7, 11) is 1.57. The number of hydrogen-bond acceptors (Lipinski definition) is 7. The van der Waals surface area contributed by atoms with E-state index < -0.39 is 42.1 Å². The van der Waals surface area contributed by atoms with Crippen molar-refractivity contribution in [3.8, 4) is 11.5 Å². The predicted molar refractivity (Wildman–Crippen MR) is 191 cm³/mol. The van der Waals surface area contributed by atoms with E-state index in [0.29, 0.717) is 30.7 Å². The topological polar surface area (TPSA) is 94.0 Å². The number of anilines is 1. The third-order valence-corrected chi connectivity index (χ3v) is 9.09. The van der Waals surface area contributed by atoms with Crippen molar-refractivity contribution in [2.75, 3.05) is 31.8 Å². The van der Waals surface area contributed by atoms with Crippen LogP contribution in [0.15, 0.2) is 78.6 Å². The van der Waals surface area contributed by atoms with Crippen LogP contribution in [0, 0.1) is 0 Å². The molecule has 1 aliphatic rings. The normalized spacial score (nSPS) is 13.8. The van der Waals surface area contributed by atoms with Gasteiger partial charge in [-0.05, 0) is 89.4 Å². The number of aliphatic carboxylic acids is 1. The molecular weight excluding hydrogens is 716 g/mol. The van der Waals surface area contributed by atoms with E-state index in [0.717, 1.165) is 33.4 Å². The molecule has 1 heterocycles. The molecule has 1 N–H and O–H groups in total. The van der Waals surface area contributed by atoms with Crippen LogP contribution in [0.3, 0.4) is 0 Å². The largest absolute Gasteiger partial charge is 0.496 e. The number of alkyl halides is 6. The number of halogens is 6. The first-order valence-electron chi connectivity index (χ1n) is 17.4. The maximum atomic E-state index is 13.9. The molecule has 1 aromatic heterocycles. The second kappa shape index (κ2) is 16.9. The lowest BCUT2D eigenvalue weighted by atomic mass is 9.81. The van der Waals surface area contributed by atoms with Crippen LogP contribution >= 0.6 is 0 Å². The fourth-order valence-electron chi connectivity index (χ4n) is 6.43. The zero-order valence-corrected chi connectivity index (χ0v) is 30.2. The third kappa shape index (κ3) is 9.70. The molecule has 0 fully saturated rings. The minimum Gasteiger partial charge on any atom is -0.496 e. The molecule has 1 aliphatic carbocycles. The molecule has 1 unspecified atom stereocenters. The number of ether oxygens (including phenoxy) is 3. The molecule has 0 radical (unpaired) electrons. The van der Waals surface area contributed by atoms with Gasteiger partial charge in [0, 0.05) is 31.7 Å². The Balaban J connectivity index is 1.60. The maximum Gasteiger partial charge on any atom is 0.416 e. The summed E-state index contributed by atoms with van der Waals surface area (Å²) in [6.07, 6.45) is -7.29. The minimum atomic E-state index is -5.03. The van der Waals surface area contributed by atoms with Crippen molar-refractivity contribution in [1.82, 2.24) is 9.97 Å². The summed E-state index contributed by atoms with van der Waals surface area (Å²) in [5.41, 5.74) is 2.49. The van der Waals surface area contributed by atoms with E-state index in [1.807, 2.05) is 36.4 Å². The van der Waals surface area contributed by atoms with Crippen LogP contribution in [-0.2, 0) is 34.8 Å². The fraction of sp³-hybridized carbons (Fsp3) is 0.375. The minimum absolute atomic E-state index is 0.0275. The molecule has 0 saturated carbocycles. The van der Waals surface area contributed by atoms with Crippen LogP contribution in [0.5, 0.6) is 11.5 Å². The van der Waals surface area contributed by atoms with Gasteiger partial charge < -0.3 is 24.2 Å². The Hall–Kier alpha value is -5.11. The van der Waals surface area contributed by atoms with Crippen LogP contribution in [0.4, 0.5) is 32.3 Å². The van der Waals surface area contributed by atoms with Gasteiger partial charge in [-0.15, -0.1) is 0 Å². The standard InChI is InChI=1S/C40H41F6N3O5/c1-5-53-35(37(50)51)14-15-54-31-20-47-38(48-21-31)49(22-25-16-29(39(41,42)43)19-30(17-25)40(44,45)46)23-28-11-10-26-8-6-7-9-32(26)36(28)33-18-27(24(2)3)12-13-34(33)52-4/h6-9,12-13,16-21,24,35H,5,10-11,14-15,22-23H2,1-4H3,(H,50,51). The van der Waals surface area contributed by atoms with E-state index in [1.165, 1.54) is 17.3 Å². The zero-order chi connectivity index (χ0) is 39.2. The van der Waals surface area contributed by atoms with Crippen molar-refractivity contribution in [3.05, 3.63) is 118 Å². The zero-order valence-electron chi connectivity index (χ0n) is 30.2. The molecule has 14 heteroatoms. The highest BCUT2D eigenvalue weighted by Gasteiger charge is 2.37. The molecule has 0 bridgehead atoms. The molecule has 8 nitrogen and oxygen atoms in total. The Morgan fingerprint density at radius 1 is 0.889 bits per heavy atom. The molecule has 288 valence electrons. The van der Waals surface area contributed by atoms with Crippen LogP contribution in [-0.4, -0.2) is 54.0 Å². The summed E-state index contributed by atoms with van der Waals surface area (Å²) in [6.45, 7) is 5.60. The molecule has 54 heavy (non-hydrogen) atoms. The average Bonchev–Trinajstić information content (AvgIpc) is 3.13. The van der Waals surface area contributed by atoms with E-state index in [4.69, 9.17) is 14.2 Å². The van der Waals surface area contributed by atoms with Gasteiger partial charge in [-0.3, -0.25) is 0 Å². The molecule has 0 saturated heterocycles. The number of benzene rings is 3. The first kappa shape index (κ1) is 40.1. The SMILES string of the molecule is CCOC(CCOc1cnc(N(CC2=C(c3cc(C(C)C)ccc3OC)c3ccccc3CC2)Cc2cc(C(F)(F)F)cc(C(F)(F)F)c2)nc1)C(=O)O. The first-order valence-corrected chi connectivity index (χ1v) is 17.4. The highest BCUT2D eigenvalue weighted by Crippen LogP contribution is 2.42. The number of carbonyl (C=O) groups is 1. The maximum absolute atomic E-state index is 13.9. The van der Waals surface area contributed by atoms with E-state index in [1.54, 1.807) is 14.0 Å². The second-order valence-electron chi connectivity index (χ2n) is 13.2. The Bertz CT molecular complexity index is 1930. The van der Waals surface area contributed by atoms with Gasteiger partial charge in [-0.25, -0.2) is 14.8 Å². The van der Waals surface area contributed by atoms with Crippen LogP contribution in [0.1, 0.15) is 78.5 Å². The number of rotatable bonds is 15. The number of methoxy groups -OCH3 is 1. The number of aryl methyl sites for hydroxylation is 1. The number of aromatic nitrogens is 2. The number of carboxylic acids is 1. The van der Waals surface area contributed by atoms with Gasteiger partial charge in [0.05, 0.1) is 37.2 Å². The van der Waals surface area contributed by atoms with E-state index in [2.05, 4.69) is 29.9 Å². The summed E-state index contributed by atoms with van der Waals surface area (Å²) >= 11 is 0. The van der Waals surface area contributed by atoms with E-state index in [9.17, 15) is 36.2 Å². The van der Waals surface area contributed by atoms with Crippen molar-refractivity contribution in [3.63, 3.8) is 0 Å². The van der Waals surface area contributed by atoms with E-state index in [-0.39, 0.29) is 55.4 Å². The second-order valence-corrected chi connectivity index (χ2v) is 13.2. The monoisotopic (exact) mass is 757 g/mol. The van der Waals surface area contributed by atoms with Gasteiger partial charge in [0.15, 0.2) is 11.9 Å². The van der Waals surface area contributed by atoms with Gasteiger partial charge in [-0.1, -0.05) is 44.2 Å². The Morgan fingerprint density at radius 3 is 2.15 bits per heavy atom. The average molecular weight is 758 g/mol. The smallest absolute Gasteiger partial charge is 0.416 e. The molecule has 0 amide bonds. The molecular formula is C40H41F6N3O5. The summed E-state index contributed by atoms with van der Waals surface area (Å²) < 4.78 is 100.